The molecule has 4 heterocycles. The number of hydrogen-bond acceptors (Lipinski definition) is 11. The van der Waals surface area contributed by atoms with Crippen LogP contribution in [0.1, 0.15) is 88.4 Å². The summed E-state index contributed by atoms with van der Waals surface area (Å²) >= 11 is 0. The van der Waals surface area contributed by atoms with Crippen LogP contribution in [0.3, 0.4) is 0 Å². The number of carbonyl (C=O) groups is 3. The lowest BCUT2D eigenvalue weighted by Gasteiger charge is -2.38. The fourth-order valence-electron chi connectivity index (χ4n) is 9.56. The maximum atomic E-state index is 14.4. The molecule has 1 saturated heterocycles. The summed E-state index contributed by atoms with van der Waals surface area (Å²) in [5, 5.41) is 19.3. The van der Waals surface area contributed by atoms with Crippen LogP contribution in [0, 0.1) is 11.8 Å². The van der Waals surface area contributed by atoms with Gasteiger partial charge in [0.2, 0.25) is 0 Å². The minimum absolute atomic E-state index is 0.0111. The maximum Gasteiger partial charge on any atom is 0.407 e. The number of fused-ring (bicyclic) bond motifs is 6. The fraction of sp³-hybridized carbons (Fsp3) is 0.420. The van der Waals surface area contributed by atoms with Gasteiger partial charge in [-0.2, -0.15) is 0 Å². The number of methoxy groups -OCH3 is 3. The SMILES string of the molecule is COC[C@@H](C)CN(C(=O)[C@H](NC(=O)OC)c1ccccc1)[C@@H](C)c1ncc(-c2ccc3c(c2)COc2cc4c(ccc5nc([C@@H]6CC[C@H](C)N6C(O)[C@@H](NC(=O)OC)C(C)C)[nH]c54)cc2-3)[nH]1. The standard InChI is InChI=1S/C50H60N8O8/c1-27(2)42(55-49(61)64-7)48(60)58-29(4)14-19-40(58)46-52-38-18-16-32-21-37-35-17-15-33(20-34(35)26-66-41(37)22-36(32)44(38)54-46)39-23-51-45(53-39)30(5)57(24-28(3)25-63-6)47(59)43(56-50(62)65-8)31-12-10-9-11-13-31/h9-13,15-18,20-23,27-30,40,42-43,48,60H,14,19,24-26H2,1-8H3,(H,51,53)(H,52,54)(H,55,61)(H,56,62)/t28-,29-,30-,40-,42-,43+,48?/m0/s1. The molecular formula is C50H60N8O8. The number of nitrogens with one attached hydrogen (secondary N) is 4. The Morgan fingerprint density at radius 3 is 2.41 bits per heavy atom. The first-order valence-corrected chi connectivity index (χ1v) is 22.6. The summed E-state index contributed by atoms with van der Waals surface area (Å²) in [6.45, 7) is 11.1. The number of alkyl carbamates (subject to hydrolysis) is 2. The molecule has 16 heteroatoms. The molecule has 6 aromatic rings. The summed E-state index contributed by atoms with van der Waals surface area (Å²) in [7, 11) is 4.22. The molecule has 66 heavy (non-hydrogen) atoms. The number of ether oxygens (including phenoxy) is 4. The third kappa shape index (κ3) is 9.17. The molecule has 2 aliphatic rings. The average molecular weight is 901 g/mol. The number of H-pyrrole nitrogens is 2. The molecule has 2 aliphatic heterocycles. The lowest BCUT2D eigenvalue weighted by molar-refractivity contribution is -0.136. The monoisotopic (exact) mass is 900 g/mol. The van der Waals surface area contributed by atoms with Gasteiger partial charge >= 0.3 is 12.2 Å². The van der Waals surface area contributed by atoms with Crippen molar-refractivity contribution in [3.05, 3.63) is 102 Å². The van der Waals surface area contributed by atoms with Crippen molar-refractivity contribution in [3.63, 3.8) is 0 Å². The second-order valence-corrected chi connectivity index (χ2v) is 17.9. The largest absolute Gasteiger partial charge is 0.488 e. The van der Waals surface area contributed by atoms with Gasteiger partial charge in [0.05, 0.1) is 61.9 Å². The zero-order valence-electron chi connectivity index (χ0n) is 38.8. The number of imidazole rings is 2. The molecule has 7 atom stereocenters. The van der Waals surface area contributed by atoms with Gasteiger partial charge < -0.3 is 49.6 Å². The van der Waals surface area contributed by atoms with E-state index < -0.39 is 36.5 Å². The van der Waals surface area contributed by atoms with E-state index in [1.807, 2.05) is 52.0 Å². The molecule has 0 spiro atoms. The van der Waals surface area contributed by atoms with Crippen LogP contribution in [0.5, 0.6) is 5.75 Å². The minimum atomic E-state index is -0.983. The number of amides is 3. The van der Waals surface area contributed by atoms with E-state index in [0.717, 1.165) is 74.2 Å². The van der Waals surface area contributed by atoms with E-state index in [-0.39, 0.29) is 29.8 Å². The van der Waals surface area contributed by atoms with Gasteiger partial charge in [0.15, 0.2) is 0 Å². The number of hydrogen-bond donors (Lipinski definition) is 5. The predicted octanol–water partition coefficient (Wildman–Crippen LogP) is 8.16. The minimum Gasteiger partial charge on any atom is -0.488 e. The highest BCUT2D eigenvalue weighted by molar-refractivity contribution is 6.07. The summed E-state index contributed by atoms with van der Waals surface area (Å²) < 4.78 is 21.7. The third-order valence-corrected chi connectivity index (χ3v) is 13.1. The van der Waals surface area contributed by atoms with Gasteiger partial charge in [-0.3, -0.25) is 9.69 Å². The second-order valence-electron chi connectivity index (χ2n) is 17.9. The van der Waals surface area contributed by atoms with Crippen LogP contribution in [0.15, 0.2) is 79.0 Å². The van der Waals surface area contributed by atoms with Crippen LogP contribution in [-0.2, 0) is 25.6 Å². The number of aliphatic hydroxyl groups is 1. The second kappa shape index (κ2) is 19.5. The lowest BCUT2D eigenvalue weighted by Crippen LogP contribution is -2.55. The molecule has 0 aliphatic carbocycles. The highest BCUT2D eigenvalue weighted by atomic mass is 16.5. The van der Waals surface area contributed by atoms with E-state index in [0.29, 0.717) is 31.1 Å². The molecule has 4 aromatic carbocycles. The van der Waals surface area contributed by atoms with Gasteiger partial charge in [0, 0.05) is 30.6 Å². The zero-order chi connectivity index (χ0) is 46.8. The first-order chi connectivity index (χ1) is 31.8. The Morgan fingerprint density at radius 1 is 0.924 bits per heavy atom. The number of aromatic amines is 2. The van der Waals surface area contributed by atoms with E-state index in [2.05, 4.69) is 68.8 Å². The molecule has 2 aromatic heterocycles. The van der Waals surface area contributed by atoms with Crippen LogP contribution in [0.2, 0.25) is 0 Å². The number of aromatic nitrogens is 4. The Labute approximate surface area is 384 Å². The van der Waals surface area contributed by atoms with E-state index in [1.54, 1.807) is 30.3 Å². The molecule has 5 N–H and O–H groups in total. The summed E-state index contributed by atoms with van der Waals surface area (Å²) in [5.74, 6) is 1.77. The van der Waals surface area contributed by atoms with Gasteiger partial charge in [-0.15, -0.1) is 0 Å². The number of nitrogens with zero attached hydrogens (tertiary/aromatic N) is 4. The summed E-state index contributed by atoms with van der Waals surface area (Å²) in [4.78, 5) is 59.9. The molecule has 3 amide bonds. The number of benzene rings is 4. The van der Waals surface area contributed by atoms with E-state index in [1.165, 1.54) is 14.2 Å². The molecule has 0 bridgehead atoms. The van der Waals surface area contributed by atoms with Gasteiger partial charge in [0.25, 0.3) is 5.91 Å². The Hall–Kier alpha value is -6.49. The van der Waals surface area contributed by atoms with Crippen molar-refractivity contribution in [1.29, 1.82) is 0 Å². The highest BCUT2D eigenvalue weighted by Crippen LogP contribution is 2.44. The van der Waals surface area contributed by atoms with Gasteiger partial charge in [-0.1, -0.05) is 69.3 Å². The average Bonchev–Trinajstić information content (AvgIpc) is 4.09. The predicted molar refractivity (Wildman–Crippen MR) is 250 cm³/mol. The molecule has 1 fully saturated rings. The summed E-state index contributed by atoms with van der Waals surface area (Å²) in [5.41, 5.74) is 7.12. The highest BCUT2D eigenvalue weighted by Gasteiger charge is 2.42. The van der Waals surface area contributed by atoms with Crippen molar-refractivity contribution >= 4 is 39.9 Å². The van der Waals surface area contributed by atoms with Crippen molar-refractivity contribution in [1.82, 2.24) is 40.4 Å². The van der Waals surface area contributed by atoms with Crippen molar-refractivity contribution in [2.75, 3.05) is 34.5 Å². The third-order valence-electron chi connectivity index (χ3n) is 13.1. The lowest BCUT2D eigenvalue weighted by atomic mass is 9.92. The van der Waals surface area contributed by atoms with Crippen LogP contribution in [-0.4, -0.2) is 106 Å². The molecule has 1 unspecified atom stereocenters. The van der Waals surface area contributed by atoms with Crippen molar-refractivity contribution in [2.45, 2.75) is 90.5 Å². The Bertz CT molecular complexity index is 2700. The Morgan fingerprint density at radius 2 is 1.68 bits per heavy atom. The molecule has 348 valence electrons. The van der Waals surface area contributed by atoms with E-state index in [9.17, 15) is 19.5 Å². The topological polar surface area (TPSA) is 196 Å². The zero-order valence-corrected chi connectivity index (χ0v) is 38.8. The number of carbonyl (C=O) groups excluding carboxylic acids is 3. The molecular weight excluding hydrogens is 841 g/mol. The van der Waals surface area contributed by atoms with E-state index in [4.69, 9.17) is 28.9 Å². The van der Waals surface area contributed by atoms with Crippen LogP contribution in [0.25, 0.3) is 44.2 Å². The van der Waals surface area contributed by atoms with Crippen LogP contribution in [0.4, 0.5) is 9.59 Å². The first kappa shape index (κ1) is 46.1. The fourth-order valence-corrected chi connectivity index (χ4v) is 9.56. The van der Waals surface area contributed by atoms with Gasteiger partial charge in [0.1, 0.15) is 36.3 Å². The van der Waals surface area contributed by atoms with Gasteiger partial charge in [-0.25, -0.2) is 19.6 Å². The van der Waals surface area contributed by atoms with Crippen molar-refractivity contribution in [3.8, 4) is 28.1 Å². The van der Waals surface area contributed by atoms with Crippen LogP contribution >= 0.6 is 0 Å². The van der Waals surface area contributed by atoms with Gasteiger partial charge in [-0.05, 0) is 90.4 Å². The normalized spacial score (nSPS) is 18.2. The van der Waals surface area contributed by atoms with Crippen molar-refractivity contribution in [2.24, 2.45) is 11.8 Å². The smallest absolute Gasteiger partial charge is 0.407 e. The molecule has 8 rings (SSSR count). The van der Waals surface area contributed by atoms with Crippen molar-refractivity contribution < 1.29 is 38.4 Å². The summed E-state index contributed by atoms with van der Waals surface area (Å²) in [6.07, 6.45) is 1.21. The molecule has 16 nitrogen and oxygen atoms in total. The maximum absolute atomic E-state index is 14.4. The summed E-state index contributed by atoms with van der Waals surface area (Å²) in [6, 6.07) is 21.6. The van der Waals surface area contributed by atoms with E-state index >= 15 is 0 Å². The molecule has 0 radical (unpaired) electrons. The van der Waals surface area contributed by atoms with Crippen LogP contribution < -0.4 is 15.4 Å². The Kier molecular flexibility index (Phi) is 13.6. The quantitative estimate of drug-likeness (QED) is 0.0667. The number of rotatable bonds is 15. The Balaban J connectivity index is 1.05. The first-order valence-electron chi connectivity index (χ1n) is 22.6. The molecule has 0 saturated carbocycles. The number of likely N-dealkylation sites (tertiary alicyclic amines) is 1. The number of aliphatic hydroxyl groups excluding tert-OH is 1.